The number of hydrogen-bond donors (Lipinski definition) is 0. The molecule has 0 unspecified atom stereocenters. The SMILES string of the molecule is O=C(OCl)OCc1ccc(Cl)cc1[N+](=O)[O-]. The van der Waals surface area contributed by atoms with Crippen LogP contribution in [0.1, 0.15) is 5.56 Å². The summed E-state index contributed by atoms with van der Waals surface area (Å²) in [7, 11) is 0. The fraction of sp³-hybridized carbons (Fsp3) is 0.125. The van der Waals surface area contributed by atoms with Crippen molar-refractivity contribution in [3.8, 4) is 0 Å². The molecule has 0 aliphatic rings. The van der Waals surface area contributed by atoms with Crippen molar-refractivity contribution >= 4 is 35.3 Å². The quantitative estimate of drug-likeness (QED) is 0.477. The van der Waals surface area contributed by atoms with Crippen molar-refractivity contribution < 1.29 is 18.7 Å². The third-order valence-electron chi connectivity index (χ3n) is 1.65. The van der Waals surface area contributed by atoms with Crippen LogP contribution >= 0.6 is 23.5 Å². The zero-order chi connectivity index (χ0) is 12.1. The smallest absolute Gasteiger partial charge is 0.428 e. The maximum absolute atomic E-state index is 10.6. The molecule has 0 aliphatic carbocycles. The molecule has 86 valence electrons. The van der Waals surface area contributed by atoms with E-state index < -0.39 is 11.1 Å². The number of nitrogens with zero attached hydrogens (tertiary/aromatic N) is 1. The van der Waals surface area contributed by atoms with Crippen LogP contribution in [0.25, 0.3) is 0 Å². The lowest BCUT2D eigenvalue weighted by atomic mass is 10.2. The Hall–Kier alpha value is -1.53. The molecule has 0 fully saturated rings. The normalized spacial score (nSPS) is 9.62. The molecule has 0 aliphatic heterocycles. The van der Waals surface area contributed by atoms with E-state index in [-0.39, 0.29) is 22.9 Å². The lowest BCUT2D eigenvalue weighted by Gasteiger charge is -2.03. The third kappa shape index (κ3) is 3.25. The van der Waals surface area contributed by atoms with Gasteiger partial charge in [-0.1, -0.05) is 11.6 Å². The molecule has 0 amide bonds. The molecule has 1 aromatic rings. The van der Waals surface area contributed by atoms with Crippen molar-refractivity contribution in [1.29, 1.82) is 0 Å². The average Bonchev–Trinajstić information content (AvgIpc) is 2.26. The minimum absolute atomic E-state index is 0.191. The predicted molar refractivity (Wildman–Crippen MR) is 55.2 cm³/mol. The van der Waals surface area contributed by atoms with Gasteiger partial charge in [0.1, 0.15) is 18.5 Å². The van der Waals surface area contributed by atoms with Crippen LogP contribution in [0, 0.1) is 10.1 Å². The standard InChI is InChI=1S/C8H5Cl2NO5/c9-6-2-1-5(4-15-8(12)16-10)7(3-6)11(13)14/h1-3H,4H2. The van der Waals surface area contributed by atoms with Gasteiger partial charge >= 0.3 is 6.16 Å². The number of nitro benzene ring substituents is 1. The van der Waals surface area contributed by atoms with Gasteiger partial charge in [0.25, 0.3) is 5.69 Å². The number of hydrogen-bond acceptors (Lipinski definition) is 5. The van der Waals surface area contributed by atoms with Gasteiger partial charge in [0, 0.05) is 11.1 Å². The maximum Gasteiger partial charge on any atom is 0.527 e. The van der Waals surface area contributed by atoms with E-state index in [1.807, 2.05) is 0 Å². The minimum Gasteiger partial charge on any atom is -0.428 e. The first-order chi connectivity index (χ1) is 7.54. The average molecular weight is 266 g/mol. The van der Waals surface area contributed by atoms with Gasteiger partial charge < -0.3 is 9.03 Å². The fourth-order valence-electron chi connectivity index (χ4n) is 0.988. The van der Waals surface area contributed by atoms with Gasteiger partial charge in [0.2, 0.25) is 0 Å². The monoisotopic (exact) mass is 265 g/mol. The number of rotatable bonds is 3. The maximum atomic E-state index is 10.6. The van der Waals surface area contributed by atoms with Crippen molar-refractivity contribution in [2.24, 2.45) is 0 Å². The zero-order valence-electron chi connectivity index (χ0n) is 7.68. The first kappa shape index (κ1) is 12.5. The van der Waals surface area contributed by atoms with Gasteiger partial charge in [-0.15, -0.1) is 0 Å². The second kappa shape index (κ2) is 5.53. The molecule has 16 heavy (non-hydrogen) atoms. The van der Waals surface area contributed by atoms with Crippen molar-refractivity contribution in [2.45, 2.75) is 6.61 Å². The second-order valence-electron chi connectivity index (χ2n) is 2.65. The summed E-state index contributed by atoms with van der Waals surface area (Å²) in [5.74, 6) is 0. The summed E-state index contributed by atoms with van der Waals surface area (Å²) < 4.78 is 8.18. The van der Waals surface area contributed by atoms with Crippen LogP contribution in [-0.2, 0) is 15.6 Å². The van der Waals surface area contributed by atoms with Crippen LogP contribution in [0.2, 0.25) is 5.02 Å². The van der Waals surface area contributed by atoms with Crippen LogP contribution in [-0.4, -0.2) is 11.1 Å². The fourth-order valence-corrected chi connectivity index (χ4v) is 1.20. The summed E-state index contributed by atoms with van der Waals surface area (Å²) in [5, 5.41) is 10.9. The van der Waals surface area contributed by atoms with Gasteiger partial charge in [-0.25, -0.2) is 4.79 Å². The van der Waals surface area contributed by atoms with E-state index in [9.17, 15) is 14.9 Å². The molecule has 0 atom stereocenters. The number of ether oxygens (including phenoxy) is 1. The van der Waals surface area contributed by atoms with Crippen LogP contribution in [0.3, 0.4) is 0 Å². The molecule has 8 heteroatoms. The van der Waals surface area contributed by atoms with Crippen molar-refractivity contribution in [3.05, 3.63) is 38.9 Å². The molecule has 1 aromatic carbocycles. The highest BCUT2D eigenvalue weighted by Crippen LogP contribution is 2.23. The molecular formula is C8H5Cl2NO5. The van der Waals surface area contributed by atoms with E-state index in [0.29, 0.717) is 0 Å². The number of nitro groups is 1. The lowest BCUT2D eigenvalue weighted by molar-refractivity contribution is -0.385. The van der Waals surface area contributed by atoms with E-state index in [1.54, 1.807) is 0 Å². The Labute approximate surface area is 100.0 Å². The number of halogens is 2. The highest BCUT2D eigenvalue weighted by molar-refractivity contribution is 6.30. The molecule has 1 rings (SSSR count). The third-order valence-corrected chi connectivity index (χ3v) is 2.01. The zero-order valence-corrected chi connectivity index (χ0v) is 9.20. The largest absolute Gasteiger partial charge is 0.527 e. The highest BCUT2D eigenvalue weighted by atomic mass is 35.5. The van der Waals surface area contributed by atoms with E-state index in [2.05, 4.69) is 9.03 Å². The van der Waals surface area contributed by atoms with Crippen LogP contribution in [0.5, 0.6) is 0 Å². The summed E-state index contributed by atoms with van der Waals surface area (Å²) in [4.78, 5) is 20.6. The Balaban J connectivity index is 2.87. The van der Waals surface area contributed by atoms with Gasteiger partial charge in [0.05, 0.1) is 10.5 Å². The first-order valence-electron chi connectivity index (χ1n) is 3.92. The summed E-state index contributed by atoms with van der Waals surface area (Å²) in [5.41, 5.74) is -0.0497. The van der Waals surface area contributed by atoms with Crippen molar-refractivity contribution in [3.63, 3.8) is 0 Å². The Morgan fingerprint density at radius 2 is 2.19 bits per heavy atom. The van der Waals surface area contributed by atoms with Gasteiger partial charge in [-0.2, -0.15) is 0 Å². The summed E-state index contributed by atoms with van der Waals surface area (Å²) in [6.07, 6.45) is -1.13. The lowest BCUT2D eigenvalue weighted by Crippen LogP contribution is -2.04. The first-order valence-corrected chi connectivity index (χ1v) is 4.61. The summed E-state index contributed by atoms with van der Waals surface area (Å²) >= 11 is 10.3. The molecule has 0 radical (unpaired) electrons. The topological polar surface area (TPSA) is 78.7 Å². The van der Waals surface area contributed by atoms with Crippen LogP contribution in [0.4, 0.5) is 10.5 Å². The minimum atomic E-state index is -1.13. The molecule has 0 saturated heterocycles. The van der Waals surface area contributed by atoms with E-state index in [4.69, 9.17) is 23.5 Å². The molecule has 0 aromatic heterocycles. The van der Waals surface area contributed by atoms with E-state index in [1.165, 1.54) is 12.1 Å². The van der Waals surface area contributed by atoms with Gasteiger partial charge in [0.15, 0.2) is 0 Å². The Morgan fingerprint density at radius 3 is 2.75 bits per heavy atom. The van der Waals surface area contributed by atoms with E-state index >= 15 is 0 Å². The van der Waals surface area contributed by atoms with Gasteiger partial charge in [-0.05, 0) is 12.1 Å². The van der Waals surface area contributed by atoms with Crippen LogP contribution < -0.4 is 0 Å². The molecule has 6 nitrogen and oxygen atoms in total. The molecular weight excluding hydrogens is 261 g/mol. The Morgan fingerprint density at radius 1 is 1.50 bits per heavy atom. The predicted octanol–water partition coefficient (Wildman–Crippen LogP) is 3.06. The highest BCUT2D eigenvalue weighted by Gasteiger charge is 2.16. The summed E-state index contributed by atoms with van der Waals surface area (Å²) in [6, 6.07) is 3.98. The second-order valence-corrected chi connectivity index (χ2v) is 3.24. The van der Waals surface area contributed by atoms with E-state index in [0.717, 1.165) is 6.07 Å². The molecule has 0 saturated carbocycles. The van der Waals surface area contributed by atoms with Crippen LogP contribution in [0.15, 0.2) is 18.2 Å². The molecule has 0 heterocycles. The summed E-state index contributed by atoms with van der Waals surface area (Å²) in [6.45, 7) is -0.320. The van der Waals surface area contributed by atoms with Crippen molar-refractivity contribution in [2.75, 3.05) is 0 Å². The number of carbonyl (C=O) groups excluding carboxylic acids is 1. The molecule has 0 bridgehead atoms. The number of benzene rings is 1. The molecule has 0 spiro atoms. The van der Waals surface area contributed by atoms with Gasteiger partial charge in [-0.3, -0.25) is 10.1 Å². The Kier molecular flexibility index (Phi) is 4.33. The van der Waals surface area contributed by atoms with Crippen molar-refractivity contribution in [1.82, 2.24) is 0 Å². The number of carbonyl (C=O) groups is 1. The Bertz CT molecular complexity index is 423. The molecule has 0 N–H and O–H groups in total.